The third-order valence-electron chi connectivity index (χ3n) is 3.04. The number of hydrogen-bond acceptors (Lipinski definition) is 4. The van der Waals surface area contributed by atoms with Gasteiger partial charge >= 0.3 is 0 Å². The third-order valence-corrected chi connectivity index (χ3v) is 3.43. The van der Waals surface area contributed by atoms with Crippen LogP contribution in [0.5, 0.6) is 11.5 Å². The van der Waals surface area contributed by atoms with Crippen molar-refractivity contribution in [1.29, 1.82) is 0 Å². The maximum Gasteiger partial charge on any atom is 0.252 e. The molecule has 3 rings (SSSR count). The van der Waals surface area contributed by atoms with Crippen LogP contribution < -0.4 is 14.8 Å². The monoisotopic (exact) mass is 287 g/mol. The first-order chi connectivity index (χ1) is 9.74. The molecule has 0 atom stereocenters. The van der Waals surface area contributed by atoms with Crippen LogP contribution >= 0.6 is 12.6 Å². The molecule has 4 nitrogen and oxygen atoms in total. The van der Waals surface area contributed by atoms with Crippen molar-refractivity contribution in [2.24, 2.45) is 0 Å². The Balaban J connectivity index is 1.68. The van der Waals surface area contributed by atoms with Gasteiger partial charge in [-0.15, -0.1) is 12.6 Å². The Bertz CT molecular complexity index is 657. The predicted octanol–water partition coefficient (Wildman–Crippen LogP) is 2.63. The molecule has 0 unspecified atom stereocenters. The second kappa shape index (κ2) is 5.46. The molecule has 0 bridgehead atoms. The number of hydrogen-bond donors (Lipinski definition) is 2. The SMILES string of the molecule is O=C(NCc1ccc2c(c1)OCO2)c1ccccc1S. The van der Waals surface area contributed by atoms with Crippen molar-refractivity contribution in [2.45, 2.75) is 11.4 Å². The van der Waals surface area contributed by atoms with Gasteiger partial charge in [0.2, 0.25) is 6.79 Å². The van der Waals surface area contributed by atoms with Gasteiger partial charge in [-0.25, -0.2) is 0 Å². The Morgan fingerprint density at radius 2 is 1.95 bits per heavy atom. The highest BCUT2D eigenvalue weighted by atomic mass is 32.1. The van der Waals surface area contributed by atoms with E-state index in [1.54, 1.807) is 12.1 Å². The van der Waals surface area contributed by atoms with E-state index < -0.39 is 0 Å². The minimum atomic E-state index is -0.145. The van der Waals surface area contributed by atoms with E-state index in [0.717, 1.165) is 11.3 Å². The van der Waals surface area contributed by atoms with E-state index in [4.69, 9.17) is 9.47 Å². The van der Waals surface area contributed by atoms with Crippen molar-refractivity contribution in [1.82, 2.24) is 5.32 Å². The molecule has 1 aliphatic rings. The zero-order chi connectivity index (χ0) is 13.9. The molecule has 0 saturated carbocycles. The molecule has 0 saturated heterocycles. The van der Waals surface area contributed by atoms with Gasteiger partial charge in [0.15, 0.2) is 11.5 Å². The summed E-state index contributed by atoms with van der Waals surface area (Å²) in [5.74, 6) is 1.31. The topological polar surface area (TPSA) is 47.6 Å². The molecule has 0 aromatic heterocycles. The molecule has 20 heavy (non-hydrogen) atoms. The number of rotatable bonds is 3. The lowest BCUT2D eigenvalue weighted by molar-refractivity contribution is 0.0948. The lowest BCUT2D eigenvalue weighted by Gasteiger charge is -2.07. The van der Waals surface area contributed by atoms with Crippen molar-refractivity contribution in [3.63, 3.8) is 0 Å². The van der Waals surface area contributed by atoms with Crippen molar-refractivity contribution < 1.29 is 14.3 Å². The van der Waals surface area contributed by atoms with Crippen LogP contribution in [0.2, 0.25) is 0 Å². The van der Waals surface area contributed by atoms with Gasteiger partial charge in [0.05, 0.1) is 5.56 Å². The van der Waals surface area contributed by atoms with E-state index in [0.29, 0.717) is 22.8 Å². The maximum absolute atomic E-state index is 12.1. The van der Waals surface area contributed by atoms with Crippen LogP contribution in [0.4, 0.5) is 0 Å². The second-order valence-corrected chi connectivity index (χ2v) is 4.87. The van der Waals surface area contributed by atoms with Gasteiger partial charge in [-0.1, -0.05) is 18.2 Å². The molecule has 5 heteroatoms. The van der Waals surface area contributed by atoms with Gasteiger partial charge in [-0.05, 0) is 29.8 Å². The third kappa shape index (κ3) is 2.58. The standard InChI is InChI=1S/C15H13NO3S/c17-15(11-3-1-2-4-14(11)20)16-8-10-5-6-12-13(7-10)19-9-18-12/h1-7,20H,8-9H2,(H,16,17). The quantitative estimate of drug-likeness (QED) is 0.853. The fourth-order valence-electron chi connectivity index (χ4n) is 1.99. The summed E-state index contributed by atoms with van der Waals surface area (Å²) in [6.45, 7) is 0.676. The fraction of sp³-hybridized carbons (Fsp3) is 0.133. The van der Waals surface area contributed by atoms with Crippen LogP contribution in [-0.2, 0) is 6.54 Å². The van der Waals surface area contributed by atoms with Gasteiger partial charge in [-0.3, -0.25) is 4.79 Å². The summed E-state index contributed by atoms with van der Waals surface area (Å²) < 4.78 is 10.5. The van der Waals surface area contributed by atoms with Gasteiger partial charge in [0, 0.05) is 11.4 Å². The van der Waals surface area contributed by atoms with E-state index in [-0.39, 0.29) is 12.7 Å². The van der Waals surface area contributed by atoms with E-state index in [1.807, 2.05) is 30.3 Å². The normalized spacial score (nSPS) is 12.2. The van der Waals surface area contributed by atoms with E-state index >= 15 is 0 Å². The fourth-order valence-corrected chi connectivity index (χ4v) is 2.26. The molecule has 0 aliphatic carbocycles. The smallest absolute Gasteiger partial charge is 0.252 e. The largest absolute Gasteiger partial charge is 0.454 e. The van der Waals surface area contributed by atoms with Crippen LogP contribution in [0.15, 0.2) is 47.4 Å². The number of fused-ring (bicyclic) bond motifs is 1. The summed E-state index contributed by atoms with van der Waals surface area (Å²) in [6, 6.07) is 12.8. The summed E-state index contributed by atoms with van der Waals surface area (Å²) in [7, 11) is 0. The summed E-state index contributed by atoms with van der Waals surface area (Å²) in [5, 5.41) is 2.86. The van der Waals surface area contributed by atoms with Crippen LogP contribution in [0.3, 0.4) is 0 Å². The first kappa shape index (κ1) is 12.9. The Morgan fingerprint density at radius 1 is 1.15 bits per heavy atom. The maximum atomic E-state index is 12.1. The molecule has 0 fully saturated rings. The predicted molar refractivity (Wildman–Crippen MR) is 77.4 cm³/mol. The Kier molecular flexibility index (Phi) is 3.52. The van der Waals surface area contributed by atoms with Crippen LogP contribution in [-0.4, -0.2) is 12.7 Å². The Hall–Kier alpha value is -2.14. The van der Waals surface area contributed by atoms with Crippen molar-refractivity contribution >= 4 is 18.5 Å². The zero-order valence-corrected chi connectivity index (χ0v) is 11.5. The molecule has 0 spiro atoms. The number of carbonyl (C=O) groups excluding carboxylic acids is 1. The summed E-state index contributed by atoms with van der Waals surface area (Å²) in [4.78, 5) is 12.7. The molecule has 102 valence electrons. The van der Waals surface area contributed by atoms with E-state index in [1.165, 1.54) is 0 Å². The highest BCUT2D eigenvalue weighted by Gasteiger charge is 2.14. The Morgan fingerprint density at radius 3 is 2.80 bits per heavy atom. The first-order valence-corrected chi connectivity index (χ1v) is 6.63. The molecule has 1 N–H and O–H groups in total. The minimum absolute atomic E-state index is 0.145. The van der Waals surface area contributed by atoms with E-state index in [2.05, 4.69) is 17.9 Å². The molecule has 1 aliphatic heterocycles. The number of carbonyl (C=O) groups is 1. The average Bonchev–Trinajstić information content (AvgIpc) is 2.92. The number of thiol groups is 1. The minimum Gasteiger partial charge on any atom is -0.454 e. The zero-order valence-electron chi connectivity index (χ0n) is 10.6. The van der Waals surface area contributed by atoms with Gasteiger partial charge < -0.3 is 14.8 Å². The van der Waals surface area contributed by atoms with Crippen molar-refractivity contribution in [3.8, 4) is 11.5 Å². The van der Waals surface area contributed by atoms with Gasteiger partial charge in [-0.2, -0.15) is 0 Å². The van der Waals surface area contributed by atoms with Crippen LogP contribution in [0.25, 0.3) is 0 Å². The molecular formula is C15H13NO3S. The van der Waals surface area contributed by atoms with Crippen LogP contribution in [0.1, 0.15) is 15.9 Å². The van der Waals surface area contributed by atoms with E-state index in [9.17, 15) is 4.79 Å². The highest BCUT2D eigenvalue weighted by molar-refractivity contribution is 7.80. The van der Waals surface area contributed by atoms with Crippen LogP contribution in [0, 0.1) is 0 Å². The molecule has 1 amide bonds. The Labute approximate surface area is 122 Å². The van der Waals surface area contributed by atoms with Gasteiger partial charge in [0.25, 0.3) is 5.91 Å². The molecule has 2 aromatic rings. The summed E-state index contributed by atoms with van der Waals surface area (Å²) in [5.41, 5.74) is 1.52. The molecule has 0 radical (unpaired) electrons. The number of amides is 1. The van der Waals surface area contributed by atoms with Crippen molar-refractivity contribution in [3.05, 3.63) is 53.6 Å². The number of ether oxygens (including phenoxy) is 2. The van der Waals surface area contributed by atoms with Gasteiger partial charge in [0.1, 0.15) is 0 Å². The summed E-state index contributed by atoms with van der Waals surface area (Å²) in [6.07, 6.45) is 0. The lowest BCUT2D eigenvalue weighted by Crippen LogP contribution is -2.23. The number of nitrogens with one attached hydrogen (secondary N) is 1. The molecular weight excluding hydrogens is 274 g/mol. The molecule has 2 aromatic carbocycles. The highest BCUT2D eigenvalue weighted by Crippen LogP contribution is 2.32. The second-order valence-electron chi connectivity index (χ2n) is 4.39. The lowest BCUT2D eigenvalue weighted by atomic mass is 10.1. The number of benzene rings is 2. The average molecular weight is 287 g/mol. The van der Waals surface area contributed by atoms with Crippen molar-refractivity contribution in [2.75, 3.05) is 6.79 Å². The first-order valence-electron chi connectivity index (χ1n) is 6.19. The molecule has 1 heterocycles. The summed E-state index contributed by atoms with van der Waals surface area (Å²) >= 11 is 4.27.